The quantitative estimate of drug-likeness (QED) is 0.818. The first kappa shape index (κ1) is 13.7. The van der Waals surface area contributed by atoms with Crippen LogP contribution in [0.3, 0.4) is 0 Å². The Morgan fingerprint density at radius 3 is 3.00 bits per heavy atom. The van der Waals surface area contributed by atoms with Gasteiger partial charge in [0.05, 0.1) is 11.8 Å². The van der Waals surface area contributed by atoms with E-state index >= 15 is 0 Å². The lowest BCUT2D eigenvalue weighted by Crippen LogP contribution is -2.22. The molecule has 0 saturated heterocycles. The van der Waals surface area contributed by atoms with Gasteiger partial charge in [-0.1, -0.05) is 11.8 Å². The maximum Gasteiger partial charge on any atom is 0.276 e. The molecule has 0 atom stereocenters. The van der Waals surface area contributed by atoms with Crippen LogP contribution < -0.4 is 5.32 Å². The Balaban J connectivity index is 1.88. The molecule has 0 aliphatic carbocycles. The topological polar surface area (TPSA) is 81.2 Å². The minimum Gasteiger partial charge on any atom is -0.469 e. The van der Waals surface area contributed by atoms with Crippen LogP contribution in [0.15, 0.2) is 26.4 Å². The van der Waals surface area contributed by atoms with Crippen molar-refractivity contribution in [1.82, 2.24) is 15.5 Å². The third-order valence-electron chi connectivity index (χ3n) is 2.42. The van der Waals surface area contributed by atoms with Gasteiger partial charge in [0.25, 0.3) is 11.1 Å². The zero-order valence-electron chi connectivity index (χ0n) is 10.8. The number of amides is 1. The molecule has 0 aromatic carbocycles. The van der Waals surface area contributed by atoms with Crippen molar-refractivity contribution in [2.24, 2.45) is 0 Å². The van der Waals surface area contributed by atoms with Crippen molar-refractivity contribution in [3.05, 3.63) is 18.1 Å². The molecule has 0 bridgehead atoms. The molecular formula is C12H15N3O3S. The molecule has 7 heteroatoms. The van der Waals surface area contributed by atoms with Crippen molar-refractivity contribution in [3.63, 3.8) is 0 Å². The van der Waals surface area contributed by atoms with Gasteiger partial charge in [0, 0.05) is 18.7 Å². The Labute approximate surface area is 115 Å². The van der Waals surface area contributed by atoms with Crippen molar-refractivity contribution >= 4 is 17.7 Å². The zero-order valence-corrected chi connectivity index (χ0v) is 11.6. The van der Waals surface area contributed by atoms with E-state index < -0.39 is 0 Å². The highest BCUT2D eigenvalue weighted by Crippen LogP contribution is 2.26. The third-order valence-corrected chi connectivity index (χ3v) is 3.24. The number of hydrogen-bond donors (Lipinski definition) is 1. The molecule has 0 spiro atoms. The van der Waals surface area contributed by atoms with Crippen molar-refractivity contribution in [3.8, 4) is 11.5 Å². The molecule has 0 radical (unpaired) electrons. The van der Waals surface area contributed by atoms with Crippen LogP contribution in [-0.4, -0.2) is 28.4 Å². The van der Waals surface area contributed by atoms with Crippen molar-refractivity contribution in [1.29, 1.82) is 0 Å². The predicted octanol–water partition coefficient (Wildman–Crippen LogP) is 2.26. The number of aromatic nitrogens is 2. The molecule has 19 heavy (non-hydrogen) atoms. The summed E-state index contributed by atoms with van der Waals surface area (Å²) in [5, 5.41) is 11.1. The monoisotopic (exact) mass is 281 g/mol. The number of furan rings is 1. The summed E-state index contributed by atoms with van der Waals surface area (Å²) >= 11 is 1.37. The molecule has 2 rings (SSSR count). The van der Waals surface area contributed by atoms with Gasteiger partial charge in [0.2, 0.25) is 5.91 Å². The van der Waals surface area contributed by atoms with Crippen LogP contribution in [0.25, 0.3) is 11.5 Å². The molecule has 0 saturated carbocycles. The smallest absolute Gasteiger partial charge is 0.276 e. The number of aryl methyl sites for hydroxylation is 1. The Morgan fingerprint density at radius 2 is 2.32 bits per heavy atom. The Bertz CT molecular complexity index is 550. The number of carbonyl (C=O) groups excluding carboxylic acids is 1. The highest BCUT2D eigenvalue weighted by molar-refractivity contribution is 7.99. The number of rotatable bonds is 6. The summed E-state index contributed by atoms with van der Waals surface area (Å²) in [6.45, 7) is 4.37. The van der Waals surface area contributed by atoms with E-state index in [-0.39, 0.29) is 5.91 Å². The Kier molecular flexibility index (Phi) is 4.62. The first-order valence-corrected chi connectivity index (χ1v) is 6.96. The average Bonchev–Trinajstić information content (AvgIpc) is 2.98. The van der Waals surface area contributed by atoms with Gasteiger partial charge in [0.15, 0.2) is 0 Å². The van der Waals surface area contributed by atoms with Crippen LogP contribution in [0.1, 0.15) is 19.1 Å². The SMILES string of the molecule is CCNC(=O)CCSc1nnc(-c2ccoc2C)o1. The van der Waals surface area contributed by atoms with Crippen LogP contribution in [-0.2, 0) is 4.79 Å². The van der Waals surface area contributed by atoms with Gasteiger partial charge >= 0.3 is 0 Å². The number of nitrogens with zero attached hydrogens (tertiary/aromatic N) is 2. The van der Waals surface area contributed by atoms with E-state index in [9.17, 15) is 4.79 Å². The highest BCUT2D eigenvalue weighted by atomic mass is 32.2. The molecule has 102 valence electrons. The van der Waals surface area contributed by atoms with Gasteiger partial charge < -0.3 is 14.2 Å². The van der Waals surface area contributed by atoms with Gasteiger partial charge in [-0.25, -0.2) is 0 Å². The normalized spacial score (nSPS) is 10.6. The summed E-state index contributed by atoms with van der Waals surface area (Å²) < 4.78 is 10.7. The van der Waals surface area contributed by atoms with E-state index in [0.29, 0.717) is 29.8 Å². The number of nitrogens with one attached hydrogen (secondary N) is 1. The van der Waals surface area contributed by atoms with Crippen LogP contribution in [0.4, 0.5) is 0 Å². The summed E-state index contributed by atoms with van der Waals surface area (Å²) in [4.78, 5) is 11.3. The lowest BCUT2D eigenvalue weighted by Gasteiger charge is -1.99. The molecule has 2 aromatic rings. The summed E-state index contributed by atoms with van der Waals surface area (Å²) in [5.74, 6) is 1.81. The first-order valence-electron chi connectivity index (χ1n) is 5.98. The minimum atomic E-state index is 0.0282. The van der Waals surface area contributed by atoms with E-state index in [1.165, 1.54) is 11.8 Å². The number of thioether (sulfide) groups is 1. The second kappa shape index (κ2) is 6.42. The zero-order chi connectivity index (χ0) is 13.7. The summed E-state index contributed by atoms with van der Waals surface area (Å²) in [6.07, 6.45) is 2.01. The molecule has 0 unspecified atom stereocenters. The minimum absolute atomic E-state index is 0.0282. The molecule has 0 aliphatic rings. The molecular weight excluding hydrogens is 266 g/mol. The fourth-order valence-electron chi connectivity index (χ4n) is 1.50. The number of carbonyl (C=O) groups is 1. The van der Waals surface area contributed by atoms with Gasteiger partial charge in [0.1, 0.15) is 5.76 Å². The fraction of sp³-hybridized carbons (Fsp3) is 0.417. The van der Waals surface area contributed by atoms with Crippen LogP contribution in [0, 0.1) is 6.92 Å². The fourth-order valence-corrected chi connectivity index (χ4v) is 2.20. The van der Waals surface area contributed by atoms with E-state index in [4.69, 9.17) is 8.83 Å². The molecule has 0 aliphatic heterocycles. The van der Waals surface area contributed by atoms with Gasteiger partial charge in [-0.2, -0.15) is 0 Å². The molecule has 1 amide bonds. The van der Waals surface area contributed by atoms with Gasteiger partial charge in [-0.3, -0.25) is 4.79 Å². The van der Waals surface area contributed by atoms with Crippen molar-refractivity contribution < 1.29 is 13.6 Å². The van der Waals surface area contributed by atoms with E-state index in [0.717, 1.165) is 11.3 Å². The molecule has 1 N–H and O–H groups in total. The lowest BCUT2D eigenvalue weighted by atomic mass is 10.3. The average molecular weight is 281 g/mol. The van der Waals surface area contributed by atoms with Gasteiger partial charge in [-0.15, -0.1) is 10.2 Å². The Morgan fingerprint density at radius 1 is 1.47 bits per heavy atom. The second-order valence-corrected chi connectivity index (χ2v) is 4.86. The second-order valence-electron chi connectivity index (χ2n) is 3.82. The maximum atomic E-state index is 11.3. The third kappa shape index (κ3) is 3.60. The first-order chi connectivity index (χ1) is 9.20. The van der Waals surface area contributed by atoms with E-state index in [2.05, 4.69) is 15.5 Å². The molecule has 6 nitrogen and oxygen atoms in total. The largest absolute Gasteiger partial charge is 0.469 e. The lowest BCUT2D eigenvalue weighted by molar-refractivity contribution is -0.120. The van der Waals surface area contributed by atoms with Crippen LogP contribution in [0.5, 0.6) is 0 Å². The molecule has 2 heterocycles. The van der Waals surface area contributed by atoms with E-state index in [1.54, 1.807) is 12.3 Å². The van der Waals surface area contributed by atoms with Crippen LogP contribution >= 0.6 is 11.8 Å². The summed E-state index contributed by atoms with van der Waals surface area (Å²) in [7, 11) is 0. The van der Waals surface area contributed by atoms with Crippen molar-refractivity contribution in [2.45, 2.75) is 25.5 Å². The van der Waals surface area contributed by atoms with E-state index in [1.807, 2.05) is 13.8 Å². The van der Waals surface area contributed by atoms with Gasteiger partial charge in [-0.05, 0) is 19.9 Å². The predicted molar refractivity (Wildman–Crippen MR) is 70.8 cm³/mol. The highest BCUT2D eigenvalue weighted by Gasteiger charge is 2.13. The standard InChI is InChI=1S/C12H15N3O3S/c1-3-13-10(16)5-7-19-12-15-14-11(18-12)9-4-6-17-8(9)2/h4,6H,3,5,7H2,1-2H3,(H,13,16). The summed E-state index contributed by atoms with van der Waals surface area (Å²) in [6, 6.07) is 1.78. The number of hydrogen-bond acceptors (Lipinski definition) is 6. The van der Waals surface area contributed by atoms with Crippen LogP contribution in [0.2, 0.25) is 0 Å². The molecule has 2 aromatic heterocycles. The van der Waals surface area contributed by atoms with Crippen molar-refractivity contribution in [2.75, 3.05) is 12.3 Å². The maximum absolute atomic E-state index is 11.3. The Hall–Kier alpha value is -1.76. The molecule has 0 fully saturated rings. The summed E-state index contributed by atoms with van der Waals surface area (Å²) in [5.41, 5.74) is 0.795.